The van der Waals surface area contributed by atoms with E-state index in [1.54, 1.807) is 18.3 Å². The molecule has 0 unspecified atom stereocenters. The van der Waals surface area contributed by atoms with Gasteiger partial charge in [0.25, 0.3) is 0 Å². The number of rotatable bonds is 1. The molecule has 0 saturated heterocycles. The van der Waals surface area contributed by atoms with Crippen molar-refractivity contribution in [3.05, 3.63) is 24.2 Å². The van der Waals surface area contributed by atoms with Crippen molar-refractivity contribution in [1.82, 2.24) is 14.6 Å². The highest BCUT2D eigenvalue weighted by Gasteiger charge is 2.28. The molecule has 4 nitrogen and oxygen atoms in total. The lowest BCUT2D eigenvalue weighted by Crippen LogP contribution is -1.90. The third-order valence-electron chi connectivity index (χ3n) is 2.36. The number of nitrogens with zero attached hydrogens (tertiary/aromatic N) is 3. The minimum Gasteiger partial charge on any atom is -0.506 e. The van der Waals surface area contributed by atoms with Crippen LogP contribution in [0.25, 0.3) is 5.65 Å². The summed E-state index contributed by atoms with van der Waals surface area (Å²) in [5.74, 6) is 1.79. The van der Waals surface area contributed by atoms with E-state index >= 15 is 0 Å². The lowest BCUT2D eigenvalue weighted by atomic mass is 10.4. The van der Waals surface area contributed by atoms with Crippen LogP contribution in [0.5, 0.6) is 5.75 Å². The number of hydrogen-bond donors (Lipinski definition) is 1. The van der Waals surface area contributed by atoms with Crippen LogP contribution < -0.4 is 0 Å². The molecule has 0 bridgehead atoms. The van der Waals surface area contributed by atoms with Crippen molar-refractivity contribution in [2.45, 2.75) is 18.8 Å². The predicted molar refractivity (Wildman–Crippen MR) is 46.6 cm³/mol. The standard InChI is InChI=1S/C9H9N3O/c13-7-3-4-8-10-11-9(6-1-2-6)12(8)5-7/h3-6,13H,1-2H2. The third-order valence-corrected chi connectivity index (χ3v) is 2.36. The maximum atomic E-state index is 9.30. The van der Waals surface area contributed by atoms with Crippen LogP contribution >= 0.6 is 0 Å². The molecule has 2 aromatic heterocycles. The van der Waals surface area contributed by atoms with E-state index in [9.17, 15) is 5.11 Å². The molecule has 1 N–H and O–H groups in total. The Bertz CT molecular complexity index is 459. The Balaban J connectivity index is 2.29. The van der Waals surface area contributed by atoms with Gasteiger partial charge < -0.3 is 5.11 Å². The second kappa shape index (κ2) is 2.22. The van der Waals surface area contributed by atoms with E-state index in [2.05, 4.69) is 10.2 Å². The van der Waals surface area contributed by atoms with Gasteiger partial charge in [0, 0.05) is 5.92 Å². The second-order valence-electron chi connectivity index (χ2n) is 3.45. The minimum atomic E-state index is 0.259. The van der Waals surface area contributed by atoms with Crippen LogP contribution in [0.1, 0.15) is 24.6 Å². The maximum Gasteiger partial charge on any atom is 0.161 e. The monoisotopic (exact) mass is 175 g/mol. The number of aromatic hydroxyl groups is 1. The van der Waals surface area contributed by atoms with Gasteiger partial charge in [-0.2, -0.15) is 0 Å². The summed E-state index contributed by atoms with van der Waals surface area (Å²) in [5.41, 5.74) is 0.805. The fourth-order valence-electron chi connectivity index (χ4n) is 1.52. The fraction of sp³-hybridized carbons (Fsp3) is 0.333. The van der Waals surface area contributed by atoms with Crippen molar-refractivity contribution >= 4 is 5.65 Å². The number of fused-ring (bicyclic) bond motifs is 1. The van der Waals surface area contributed by atoms with Crippen LogP contribution in [0, 0.1) is 0 Å². The summed E-state index contributed by atoms with van der Waals surface area (Å²) < 4.78 is 1.87. The molecule has 66 valence electrons. The van der Waals surface area contributed by atoms with Crippen molar-refractivity contribution < 1.29 is 5.11 Å². The topological polar surface area (TPSA) is 50.4 Å². The number of pyridine rings is 1. The highest BCUT2D eigenvalue weighted by atomic mass is 16.3. The van der Waals surface area contributed by atoms with E-state index in [4.69, 9.17) is 0 Å². The van der Waals surface area contributed by atoms with Gasteiger partial charge in [-0.3, -0.25) is 4.40 Å². The highest BCUT2D eigenvalue weighted by Crippen LogP contribution is 2.39. The summed E-state index contributed by atoms with van der Waals surface area (Å²) in [6, 6.07) is 3.40. The molecule has 3 rings (SSSR count). The molecule has 2 heterocycles. The summed E-state index contributed by atoms with van der Waals surface area (Å²) in [7, 11) is 0. The highest BCUT2D eigenvalue weighted by molar-refractivity contribution is 5.41. The van der Waals surface area contributed by atoms with Crippen LogP contribution in [0.2, 0.25) is 0 Å². The first-order valence-corrected chi connectivity index (χ1v) is 4.38. The Labute approximate surface area is 74.8 Å². The maximum absolute atomic E-state index is 9.30. The number of aromatic nitrogens is 3. The molecule has 0 amide bonds. The van der Waals surface area contributed by atoms with Crippen molar-refractivity contribution in [3.63, 3.8) is 0 Å². The van der Waals surface area contributed by atoms with Crippen LogP contribution in [-0.2, 0) is 0 Å². The van der Waals surface area contributed by atoms with Crippen molar-refractivity contribution in [2.75, 3.05) is 0 Å². The quantitative estimate of drug-likeness (QED) is 0.711. The van der Waals surface area contributed by atoms with E-state index < -0.39 is 0 Å². The van der Waals surface area contributed by atoms with Crippen LogP contribution in [0.3, 0.4) is 0 Å². The van der Waals surface area contributed by atoms with E-state index in [-0.39, 0.29) is 5.75 Å². The molecule has 0 spiro atoms. The van der Waals surface area contributed by atoms with Gasteiger partial charge in [0.05, 0.1) is 6.20 Å². The van der Waals surface area contributed by atoms with Crippen molar-refractivity contribution in [2.24, 2.45) is 0 Å². The normalized spacial score (nSPS) is 16.6. The first-order valence-electron chi connectivity index (χ1n) is 4.38. The van der Waals surface area contributed by atoms with E-state index in [1.165, 1.54) is 12.8 Å². The lowest BCUT2D eigenvalue weighted by Gasteiger charge is -1.97. The molecular weight excluding hydrogens is 166 g/mol. The summed E-state index contributed by atoms with van der Waals surface area (Å²) in [6.07, 6.45) is 4.05. The van der Waals surface area contributed by atoms with Crippen molar-refractivity contribution in [3.8, 4) is 5.75 Å². The Morgan fingerprint density at radius 2 is 2.15 bits per heavy atom. The van der Waals surface area contributed by atoms with Gasteiger partial charge in [0.1, 0.15) is 11.6 Å². The molecule has 1 fully saturated rings. The molecule has 0 atom stereocenters. The first-order chi connectivity index (χ1) is 6.34. The third kappa shape index (κ3) is 0.983. The molecule has 0 aliphatic heterocycles. The predicted octanol–water partition coefficient (Wildman–Crippen LogP) is 1.31. The molecule has 1 aliphatic carbocycles. The molecule has 13 heavy (non-hydrogen) atoms. The average molecular weight is 175 g/mol. The zero-order chi connectivity index (χ0) is 8.84. The van der Waals surface area contributed by atoms with Gasteiger partial charge in [0.2, 0.25) is 0 Å². The first kappa shape index (κ1) is 6.88. The number of hydrogen-bond acceptors (Lipinski definition) is 3. The van der Waals surface area contributed by atoms with Gasteiger partial charge in [-0.1, -0.05) is 0 Å². The minimum absolute atomic E-state index is 0.259. The zero-order valence-corrected chi connectivity index (χ0v) is 7.01. The molecule has 0 radical (unpaired) electrons. The summed E-state index contributed by atoms with van der Waals surface area (Å²) in [4.78, 5) is 0. The Morgan fingerprint density at radius 3 is 2.92 bits per heavy atom. The zero-order valence-electron chi connectivity index (χ0n) is 7.01. The Hall–Kier alpha value is -1.58. The Morgan fingerprint density at radius 1 is 1.31 bits per heavy atom. The molecule has 4 heteroatoms. The van der Waals surface area contributed by atoms with Crippen molar-refractivity contribution in [1.29, 1.82) is 0 Å². The van der Waals surface area contributed by atoms with E-state index in [1.807, 2.05) is 4.40 Å². The van der Waals surface area contributed by atoms with Crippen LogP contribution in [0.4, 0.5) is 0 Å². The van der Waals surface area contributed by atoms with Gasteiger partial charge in [-0.15, -0.1) is 10.2 Å². The molecule has 0 aromatic carbocycles. The smallest absolute Gasteiger partial charge is 0.161 e. The van der Waals surface area contributed by atoms with E-state index in [0.717, 1.165) is 11.5 Å². The fourth-order valence-corrected chi connectivity index (χ4v) is 1.52. The molecule has 1 saturated carbocycles. The van der Waals surface area contributed by atoms with Gasteiger partial charge in [-0.25, -0.2) is 0 Å². The van der Waals surface area contributed by atoms with Crippen LogP contribution in [0.15, 0.2) is 18.3 Å². The second-order valence-corrected chi connectivity index (χ2v) is 3.45. The summed E-state index contributed by atoms with van der Waals surface area (Å²) in [5, 5.41) is 17.4. The summed E-state index contributed by atoms with van der Waals surface area (Å²) >= 11 is 0. The Kier molecular flexibility index (Phi) is 1.17. The largest absolute Gasteiger partial charge is 0.506 e. The summed E-state index contributed by atoms with van der Waals surface area (Å²) in [6.45, 7) is 0. The average Bonchev–Trinajstić information content (AvgIpc) is 2.87. The molecule has 1 aliphatic rings. The van der Waals surface area contributed by atoms with E-state index in [0.29, 0.717) is 5.92 Å². The van der Waals surface area contributed by atoms with Gasteiger partial charge >= 0.3 is 0 Å². The van der Waals surface area contributed by atoms with Crippen LogP contribution in [-0.4, -0.2) is 19.7 Å². The van der Waals surface area contributed by atoms with Gasteiger partial charge in [-0.05, 0) is 25.0 Å². The molecular formula is C9H9N3O. The SMILES string of the molecule is Oc1ccc2nnc(C3CC3)n2c1. The van der Waals surface area contributed by atoms with Gasteiger partial charge in [0.15, 0.2) is 5.65 Å². The molecule has 2 aromatic rings. The lowest BCUT2D eigenvalue weighted by molar-refractivity contribution is 0.471.